The number of ether oxygens (including phenoxy) is 1. The molecule has 0 N–H and O–H groups in total. The number of benzene rings is 2. The number of fused-ring (bicyclic) bond motifs is 1. The Bertz CT molecular complexity index is 1080. The van der Waals surface area contributed by atoms with Gasteiger partial charge >= 0.3 is 0 Å². The zero-order valence-electron chi connectivity index (χ0n) is 15.8. The summed E-state index contributed by atoms with van der Waals surface area (Å²) in [4.78, 5) is 18.6. The molecule has 29 heavy (non-hydrogen) atoms. The van der Waals surface area contributed by atoms with Crippen LogP contribution in [0.2, 0.25) is 5.02 Å². The normalized spacial score (nSPS) is 17.6. The predicted octanol–water partition coefficient (Wildman–Crippen LogP) is 4.13. The Morgan fingerprint density at radius 1 is 1.24 bits per heavy atom. The van der Waals surface area contributed by atoms with E-state index in [1.165, 1.54) is 11.8 Å². The van der Waals surface area contributed by atoms with Crippen molar-refractivity contribution in [3.63, 3.8) is 0 Å². The van der Waals surface area contributed by atoms with Gasteiger partial charge in [0.05, 0.1) is 34.4 Å². The van der Waals surface area contributed by atoms with Crippen molar-refractivity contribution in [3.8, 4) is 0 Å². The molecular formula is C21H21ClN2O3S2. The second-order valence-corrected chi connectivity index (χ2v) is 9.89. The highest BCUT2D eigenvalue weighted by atomic mass is 35.5. The molecule has 0 amide bonds. The molecule has 1 saturated heterocycles. The molecule has 0 aliphatic carbocycles. The highest BCUT2D eigenvalue weighted by Gasteiger charge is 2.20. The van der Waals surface area contributed by atoms with E-state index in [0.29, 0.717) is 39.1 Å². The van der Waals surface area contributed by atoms with E-state index in [0.717, 1.165) is 24.3 Å². The number of rotatable bonds is 7. The molecule has 5 nitrogen and oxygen atoms in total. The molecule has 152 valence electrons. The molecule has 1 aliphatic heterocycles. The lowest BCUT2D eigenvalue weighted by molar-refractivity contribution is 0.0937. The van der Waals surface area contributed by atoms with Gasteiger partial charge in [-0.2, -0.15) is 0 Å². The maximum atomic E-state index is 13.1. The fraction of sp³-hybridized carbons (Fsp3) is 0.333. The Morgan fingerprint density at radius 3 is 2.83 bits per heavy atom. The van der Waals surface area contributed by atoms with Crippen LogP contribution in [-0.2, 0) is 22.1 Å². The van der Waals surface area contributed by atoms with Crippen LogP contribution in [0.3, 0.4) is 0 Å². The van der Waals surface area contributed by atoms with E-state index >= 15 is 0 Å². The Kier molecular flexibility index (Phi) is 6.70. The summed E-state index contributed by atoms with van der Waals surface area (Å²) in [6, 6.07) is 14.5. The number of halogens is 1. The second-order valence-electron chi connectivity index (χ2n) is 6.82. The minimum atomic E-state index is -1.09. The molecule has 4 rings (SSSR count). The Balaban J connectivity index is 1.58. The number of hydrogen-bond acceptors (Lipinski definition) is 5. The fourth-order valence-electron chi connectivity index (χ4n) is 3.34. The molecule has 8 heteroatoms. The van der Waals surface area contributed by atoms with Crippen molar-refractivity contribution in [3.05, 3.63) is 63.9 Å². The van der Waals surface area contributed by atoms with Gasteiger partial charge in [0.25, 0.3) is 5.56 Å². The Morgan fingerprint density at radius 2 is 2.07 bits per heavy atom. The van der Waals surface area contributed by atoms with Gasteiger partial charge < -0.3 is 4.74 Å². The van der Waals surface area contributed by atoms with E-state index in [4.69, 9.17) is 21.3 Å². The van der Waals surface area contributed by atoms with Crippen LogP contribution >= 0.6 is 23.4 Å². The van der Waals surface area contributed by atoms with Gasteiger partial charge in [-0.25, -0.2) is 4.98 Å². The van der Waals surface area contributed by atoms with Crippen LogP contribution in [0.5, 0.6) is 0 Å². The molecule has 1 aliphatic rings. The van der Waals surface area contributed by atoms with Crippen molar-refractivity contribution in [1.29, 1.82) is 0 Å². The zero-order chi connectivity index (χ0) is 20.2. The van der Waals surface area contributed by atoms with Crippen molar-refractivity contribution < 1.29 is 8.95 Å². The van der Waals surface area contributed by atoms with Gasteiger partial charge in [-0.05, 0) is 43.2 Å². The van der Waals surface area contributed by atoms with Crippen LogP contribution in [0, 0.1) is 0 Å². The third-order valence-electron chi connectivity index (χ3n) is 4.80. The van der Waals surface area contributed by atoms with E-state index < -0.39 is 10.8 Å². The third-order valence-corrected chi connectivity index (χ3v) is 7.64. The van der Waals surface area contributed by atoms with Crippen molar-refractivity contribution >= 4 is 45.1 Å². The SMILES string of the molecule is O=c1c2ccc(Cl)cc2nc(SCC[S@@](=O)c2ccccc2)n1C[C@H]1CCCO1. The lowest BCUT2D eigenvalue weighted by Gasteiger charge is -2.16. The molecule has 0 saturated carbocycles. The van der Waals surface area contributed by atoms with Crippen LogP contribution in [0.1, 0.15) is 12.8 Å². The van der Waals surface area contributed by atoms with Gasteiger partial charge in [-0.1, -0.05) is 41.6 Å². The van der Waals surface area contributed by atoms with Crippen LogP contribution in [0.15, 0.2) is 63.4 Å². The first kappa shape index (κ1) is 20.6. The smallest absolute Gasteiger partial charge is 0.262 e. The minimum Gasteiger partial charge on any atom is -0.376 e. The quantitative estimate of drug-likeness (QED) is 0.401. The number of aromatic nitrogens is 2. The minimum absolute atomic E-state index is 0.0250. The average molecular weight is 449 g/mol. The summed E-state index contributed by atoms with van der Waals surface area (Å²) < 4.78 is 19.9. The van der Waals surface area contributed by atoms with Gasteiger partial charge in [-0.15, -0.1) is 0 Å². The molecule has 2 heterocycles. The number of thioether (sulfide) groups is 1. The van der Waals surface area contributed by atoms with Crippen molar-refractivity contribution in [2.45, 2.75) is 35.5 Å². The van der Waals surface area contributed by atoms with Crippen LogP contribution in [-0.4, -0.2) is 38.0 Å². The second kappa shape index (κ2) is 9.43. The molecule has 2 aromatic carbocycles. The number of nitrogens with zero attached hydrogens (tertiary/aromatic N) is 2. The van der Waals surface area contributed by atoms with Gasteiger partial charge in [0.1, 0.15) is 0 Å². The fourth-order valence-corrected chi connectivity index (χ4v) is 5.80. The van der Waals surface area contributed by atoms with Crippen molar-refractivity contribution in [1.82, 2.24) is 9.55 Å². The number of hydrogen-bond donors (Lipinski definition) is 0. The summed E-state index contributed by atoms with van der Waals surface area (Å²) in [5.41, 5.74) is 0.492. The first-order valence-corrected chi connectivity index (χ1v) is 12.2. The maximum Gasteiger partial charge on any atom is 0.262 e. The Labute approximate surface area is 180 Å². The zero-order valence-corrected chi connectivity index (χ0v) is 18.1. The third kappa shape index (κ3) is 4.91. The van der Waals surface area contributed by atoms with Crippen LogP contribution in [0.4, 0.5) is 0 Å². The van der Waals surface area contributed by atoms with Gasteiger partial charge in [0.15, 0.2) is 5.16 Å². The molecule has 3 aromatic rings. The predicted molar refractivity (Wildman–Crippen MR) is 118 cm³/mol. The van der Waals surface area contributed by atoms with E-state index in [1.807, 2.05) is 30.3 Å². The monoisotopic (exact) mass is 448 g/mol. The van der Waals surface area contributed by atoms with Crippen molar-refractivity contribution in [2.75, 3.05) is 18.1 Å². The summed E-state index contributed by atoms with van der Waals surface area (Å²) in [6.07, 6.45) is 1.97. The van der Waals surface area contributed by atoms with Gasteiger partial charge in [0, 0.05) is 28.0 Å². The highest BCUT2D eigenvalue weighted by molar-refractivity contribution is 8.00. The van der Waals surface area contributed by atoms with Gasteiger partial charge in [-0.3, -0.25) is 13.6 Å². The topological polar surface area (TPSA) is 61.2 Å². The van der Waals surface area contributed by atoms with E-state index in [9.17, 15) is 9.00 Å². The highest BCUT2D eigenvalue weighted by Crippen LogP contribution is 2.23. The molecule has 0 radical (unpaired) electrons. The largest absolute Gasteiger partial charge is 0.376 e. The lowest BCUT2D eigenvalue weighted by atomic mass is 10.2. The summed E-state index contributed by atoms with van der Waals surface area (Å²) in [5, 5.41) is 1.71. The molecule has 0 bridgehead atoms. The molecule has 2 atom stereocenters. The summed E-state index contributed by atoms with van der Waals surface area (Å²) in [6.45, 7) is 1.21. The summed E-state index contributed by atoms with van der Waals surface area (Å²) >= 11 is 7.55. The molecule has 0 spiro atoms. The lowest BCUT2D eigenvalue weighted by Crippen LogP contribution is -2.29. The first-order chi connectivity index (χ1) is 14.1. The maximum absolute atomic E-state index is 13.1. The van der Waals surface area contributed by atoms with E-state index in [-0.39, 0.29) is 11.7 Å². The summed E-state index contributed by atoms with van der Waals surface area (Å²) in [7, 11) is -1.09. The van der Waals surface area contributed by atoms with Gasteiger partial charge in [0.2, 0.25) is 0 Å². The first-order valence-electron chi connectivity index (χ1n) is 9.50. The Hall–Kier alpha value is -1.67. The van der Waals surface area contributed by atoms with E-state index in [2.05, 4.69) is 0 Å². The van der Waals surface area contributed by atoms with Crippen molar-refractivity contribution in [2.24, 2.45) is 0 Å². The van der Waals surface area contributed by atoms with Crippen LogP contribution in [0.25, 0.3) is 10.9 Å². The van der Waals surface area contributed by atoms with E-state index in [1.54, 1.807) is 22.8 Å². The standard InChI is InChI=1S/C21H21ClN2O3S2/c22-15-8-9-18-19(13-15)23-21(24(20(18)25)14-16-5-4-10-27-16)28-11-12-29(26)17-6-2-1-3-7-17/h1-3,6-9,13,16H,4-5,10-12,14H2/t16-,29-/m1/s1. The molecule has 1 fully saturated rings. The van der Waals surface area contributed by atoms with Crippen LogP contribution < -0.4 is 5.56 Å². The summed E-state index contributed by atoms with van der Waals surface area (Å²) in [5.74, 6) is 1.07. The molecule has 0 unspecified atom stereocenters. The molecular weight excluding hydrogens is 428 g/mol. The molecule has 1 aromatic heterocycles. The average Bonchev–Trinajstić information content (AvgIpc) is 3.24.